The molecular formula is C10H12FNO. The van der Waals surface area contributed by atoms with Crippen LogP contribution in [0.5, 0.6) is 0 Å². The number of hydrogen-bond acceptors (Lipinski definition) is 2. The fraction of sp³-hybridized carbons (Fsp3) is 0.300. The molecule has 0 aromatic heterocycles. The molecule has 0 heterocycles. The molecule has 0 amide bonds. The Balaban J connectivity index is 2.73. The molecule has 0 radical (unpaired) electrons. The molecule has 13 heavy (non-hydrogen) atoms. The summed E-state index contributed by atoms with van der Waals surface area (Å²) < 4.78 is 13.1. The summed E-state index contributed by atoms with van der Waals surface area (Å²) in [4.78, 5) is 10.5. The average Bonchev–Trinajstić information content (AvgIpc) is 2.17. The van der Waals surface area contributed by atoms with Crippen LogP contribution in [0.25, 0.3) is 0 Å². The number of aldehydes is 1. The third-order valence-electron chi connectivity index (χ3n) is 1.93. The Morgan fingerprint density at radius 2 is 2.23 bits per heavy atom. The van der Waals surface area contributed by atoms with Gasteiger partial charge in [0.05, 0.1) is 6.04 Å². The van der Waals surface area contributed by atoms with E-state index in [0.29, 0.717) is 12.0 Å². The monoisotopic (exact) mass is 181 g/mol. The number of halogens is 1. The highest BCUT2D eigenvalue weighted by Gasteiger charge is 2.07. The first kappa shape index (κ1) is 9.86. The number of carbonyl (C=O) groups is 1. The van der Waals surface area contributed by atoms with E-state index in [-0.39, 0.29) is 11.9 Å². The molecule has 70 valence electrons. The second-order valence-electron chi connectivity index (χ2n) is 2.83. The van der Waals surface area contributed by atoms with Crippen molar-refractivity contribution >= 4 is 6.29 Å². The van der Waals surface area contributed by atoms with Gasteiger partial charge in [0.25, 0.3) is 0 Å². The topological polar surface area (TPSA) is 29.1 Å². The molecule has 0 saturated carbocycles. The number of hydrogen-bond donors (Lipinski definition) is 1. The van der Waals surface area contributed by atoms with Crippen molar-refractivity contribution in [3.63, 3.8) is 0 Å². The fourth-order valence-electron chi connectivity index (χ4n) is 1.12. The van der Waals surface area contributed by atoms with Gasteiger partial charge in [-0.25, -0.2) is 4.39 Å². The third kappa shape index (κ3) is 2.63. The number of likely N-dealkylation sites (N-methyl/N-ethyl adjacent to an activating group) is 1. The minimum Gasteiger partial charge on any atom is -0.311 e. The Bertz CT molecular complexity index is 288. The lowest BCUT2D eigenvalue weighted by molar-refractivity contribution is -0.109. The van der Waals surface area contributed by atoms with E-state index < -0.39 is 0 Å². The van der Waals surface area contributed by atoms with Crippen molar-refractivity contribution in [1.82, 2.24) is 5.32 Å². The lowest BCUT2D eigenvalue weighted by Gasteiger charge is -2.08. The number of nitrogens with one attached hydrogen (secondary N) is 1. The van der Waals surface area contributed by atoms with E-state index in [0.717, 1.165) is 6.29 Å². The van der Waals surface area contributed by atoms with Crippen molar-refractivity contribution in [3.8, 4) is 0 Å². The van der Waals surface area contributed by atoms with Crippen LogP contribution in [0.4, 0.5) is 4.39 Å². The van der Waals surface area contributed by atoms with Crippen LogP contribution in [0.2, 0.25) is 0 Å². The Kier molecular flexibility index (Phi) is 3.58. The van der Waals surface area contributed by atoms with Crippen LogP contribution < -0.4 is 5.32 Å². The number of rotatable bonds is 4. The van der Waals surface area contributed by atoms with Crippen molar-refractivity contribution in [1.29, 1.82) is 0 Å². The van der Waals surface area contributed by atoms with Crippen molar-refractivity contribution in [2.75, 3.05) is 7.05 Å². The molecule has 1 aromatic rings. The molecular weight excluding hydrogens is 169 g/mol. The minimum atomic E-state index is -0.308. The molecule has 0 aliphatic heterocycles. The maximum Gasteiger partial charge on any atom is 0.137 e. The Labute approximate surface area is 76.8 Å². The molecule has 3 heteroatoms. The van der Waals surface area contributed by atoms with Gasteiger partial charge in [-0.3, -0.25) is 0 Å². The summed E-state index contributed by atoms with van der Waals surface area (Å²) in [6, 6.07) is 6.16. The maximum atomic E-state index is 13.1. The van der Waals surface area contributed by atoms with Crippen LogP contribution in [-0.2, 0) is 11.2 Å². The number of benzene rings is 1. The van der Waals surface area contributed by atoms with E-state index in [1.807, 2.05) is 0 Å². The van der Waals surface area contributed by atoms with Gasteiger partial charge in [0, 0.05) is 0 Å². The zero-order valence-electron chi connectivity index (χ0n) is 7.46. The van der Waals surface area contributed by atoms with Crippen LogP contribution in [0, 0.1) is 5.82 Å². The van der Waals surface area contributed by atoms with E-state index in [1.54, 1.807) is 25.2 Å². The molecule has 0 saturated heterocycles. The molecule has 0 spiro atoms. The molecule has 2 nitrogen and oxygen atoms in total. The molecule has 0 unspecified atom stereocenters. The zero-order chi connectivity index (χ0) is 9.68. The first-order chi connectivity index (χ1) is 6.27. The fourth-order valence-corrected chi connectivity index (χ4v) is 1.12. The molecule has 0 bridgehead atoms. The van der Waals surface area contributed by atoms with Crippen molar-refractivity contribution in [2.45, 2.75) is 12.5 Å². The lowest BCUT2D eigenvalue weighted by Crippen LogP contribution is -2.29. The molecule has 0 aliphatic rings. The highest BCUT2D eigenvalue weighted by atomic mass is 19.1. The largest absolute Gasteiger partial charge is 0.311 e. The summed E-state index contributed by atoms with van der Waals surface area (Å²) in [7, 11) is 1.68. The molecule has 0 aliphatic carbocycles. The maximum absolute atomic E-state index is 13.1. The van der Waals surface area contributed by atoms with Crippen LogP contribution in [0.3, 0.4) is 0 Å². The summed E-state index contributed by atoms with van der Waals surface area (Å²) in [5, 5.41) is 2.79. The number of carbonyl (C=O) groups excluding carboxylic acids is 1. The highest BCUT2D eigenvalue weighted by Crippen LogP contribution is 2.08. The van der Waals surface area contributed by atoms with Crippen molar-refractivity contribution < 1.29 is 9.18 Å². The van der Waals surface area contributed by atoms with Gasteiger partial charge in [0.2, 0.25) is 0 Å². The van der Waals surface area contributed by atoms with Crippen LogP contribution in [0.15, 0.2) is 24.3 Å². The normalized spacial score (nSPS) is 12.5. The van der Waals surface area contributed by atoms with Gasteiger partial charge in [0.15, 0.2) is 0 Å². The molecule has 1 N–H and O–H groups in total. The smallest absolute Gasteiger partial charge is 0.137 e. The van der Waals surface area contributed by atoms with E-state index in [2.05, 4.69) is 5.32 Å². The first-order valence-electron chi connectivity index (χ1n) is 4.14. The van der Waals surface area contributed by atoms with Gasteiger partial charge >= 0.3 is 0 Å². The summed E-state index contributed by atoms with van der Waals surface area (Å²) >= 11 is 0. The zero-order valence-corrected chi connectivity index (χ0v) is 7.46. The molecule has 0 fully saturated rings. The average molecular weight is 181 g/mol. The Morgan fingerprint density at radius 3 is 2.77 bits per heavy atom. The van der Waals surface area contributed by atoms with E-state index in [1.165, 1.54) is 6.07 Å². The standard InChI is InChI=1S/C10H12FNO/c1-12-9(7-13)6-8-4-2-3-5-10(8)11/h2-5,7,9,12H,6H2,1H3/t9-/m0/s1. The van der Waals surface area contributed by atoms with E-state index in [4.69, 9.17) is 0 Å². The minimum absolute atomic E-state index is 0.260. The van der Waals surface area contributed by atoms with Gasteiger partial charge in [-0.15, -0.1) is 0 Å². The SMILES string of the molecule is CN[C@H](C=O)Cc1ccccc1F. The van der Waals surface area contributed by atoms with Gasteiger partial charge in [-0.2, -0.15) is 0 Å². The van der Waals surface area contributed by atoms with Crippen LogP contribution in [-0.4, -0.2) is 19.4 Å². The molecule has 1 aromatic carbocycles. The third-order valence-corrected chi connectivity index (χ3v) is 1.93. The van der Waals surface area contributed by atoms with Crippen molar-refractivity contribution in [3.05, 3.63) is 35.6 Å². The molecule has 1 atom stereocenters. The second-order valence-corrected chi connectivity index (χ2v) is 2.83. The van der Waals surface area contributed by atoms with Crippen LogP contribution in [0.1, 0.15) is 5.56 Å². The van der Waals surface area contributed by atoms with Gasteiger partial charge in [-0.05, 0) is 25.1 Å². The summed E-state index contributed by atoms with van der Waals surface area (Å²) in [5.74, 6) is -0.260. The van der Waals surface area contributed by atoms with Gasteiger partial charge in [-0.1, -0.05) is 18.2 Å². The lowest BCUT2D eigenvalue weighted by atomic mass is 10.1. The summed E-state index contributed by atoms with van der Waals surface area (Å²) in [6.07, 6.45) is 1.18. The van der Waals surface area contributed by atoms with E-state index >= 15 is 0 Å². The van der Waals surface area contributed by atoms with Gasteiger partial charge < -0.3 is 10.1 Å². The highest BCUT2D eigenvalue weighted by molar-refractivity contribution is 5.58. The quantitative estimate of drug-likeness (QED) is 0.706. The predicted molar refractivity (Wildman–Crippen MR) is 49.0 cm³/mol. The first-order valence-corrected chi connectivity index (χ1v) is 4.14. The summed E-state index contributed by atoms with van der Waals surface area (Å²) in [5.41, 5.74) is 0.564. The van der Waals surface area contributed by atoms with Crippen molar-refractivity contribution in [2.24, 2.45) is 0 Å². The van der Waals surface area contributed by atoms with Crippen LogP contribution >= 0.6 is 0 Å². The second kappa shape index (κ2) is 4.72. The Hall–Kier alpha value is -1.22. The predicted octanol–water partition coefficient (Wildman–Crippen LogP) is 1.16. The summed E-state index contributed by atoms with van der Waals surface area (Å²) in [6.45, 7) is 0. The van der Waals surface area contributed by atoms with E-state index in [9.17, 15) is 9.18 Å². The Morgan fingerprint density at radius 1 is 1.54 bits per heavy atom. The molecule has 1 rings (SSSR count). The van der Waals surface area contributed by atoms with Gasteiger partial charge in [0.1, 0.15) is 12.1 Å².